The molecule has 0 fully saturated rings. The molecule has 1 aromatic heterocycles. The summed E-state index contributed by atoms with van der Waals surface area (Å²) in [6.07, 6.45) is 7.36. The van der Waals surface area contributed by atoms with Crippen LogP contribution >= 0.6 is 15.9 Å². The molecule has 64 valence electrons. The number of allylic oxidation sites excluding steroid dienone is 1. The Labute approximate surface area is 80.1 Å². The highest BCUT2D eigenvalue weighted by Crippen LogP contribution is 2.04. The van der Waals surface area contributed by atoms with E-state index in [1.54, 1.807) is 12.4 Å². The molecule has 1 heterocycles. The van der Waals surface area contributed by atoms with Crippen molar-refractivity contribution in [2.45, 2.75) is 6.61 Å². The van der Waals surface area contributed by atoms with Crippen LogP contribution in [0, 0.1) is 0 Å². The molecular formula is C9H10BrNO. The Morgan fingerprint density at radius 1 is 1.50 bits per heavy atom. The standard InChI is InChI=1S/C9H10BrNO/c10-3-1-2-8-4-9(7-12)6-11-5-8/h1-2,4-6,12H,3,7H2. The molecule has 0 atom stereocenters. The van der Waals surface area contributed by atoms with Gasteiger partial charge >= 0.3 is 0 Å². The maximum absolute atomic E-state index is 8.81. The van der Waals surface area contributed by atoms with Gasteiger partial charge in [-0.2, -0.15) is 0 Å². The van der Waals surface area contributed by atoms with Crippen molar-refractivity contribution in [1.82, 2.24) is 4.98 Å². The molecule has 0 radical (unpaired) electrons. The fraction of sp³-hybridized carbons (Fsp3) is 0.222. The van der Waals surface area contributed by atoms with E-state index < -0.39 is 0 Å². The third-order valence-corrected chi connectivity index (χ3v) is 1.77. The number of pyridine rings is 1. The Morgan fingerprint density at radius 3 is 3.00 bits per heavy atom. The van der Waals surface area contributed by atoms with Crippen molar-refractivity contribution < 1.29 is 5.11 Å². The van der Waals surface area contributed by atoms with Crippen LogP contribution in [0.25, 0.3) is 6.08 Å². The number of hydrogen-bond donors (Lipinski definition) is 1. The average molecular weight is 228 g/mol. The van der Waals surface area contributed by atoms with Crippen LogP contribution in [0.1, 0.15) is 11.1 Å². The highest BCUT2D eigenvalue weighted by Gasteiger charge is 1.90. The molecule has 0 saturated heterocycles. The number of nitrogens with zero attached hydrogens (tertiary/aromatic N) is 1. The number of hydrogen-bond acceptors (Lipinski definition) is 2. The highest BCUT2D eigenvalue weighted by atomic mass is 79.9. The molecule has 0 saturated carbocycles. The van der Waals surface area contributed by atoms with Gasteiger partial charge in [0.05, 0.1) is 6.61 Å². The Bertz CT molecular complexity index is 273. The Kier molecular flexibility index (Phi) is 3.97. The number of aliphatic hydroxyl groups excluding tert-OH is 1. The van der Waals surface area contributed by atoms with Crippen molar-refractivity contribution in [2.75, 3.05) is 5.33 Å². The quantitative estimate of drug-likeness (QED) is 0.802. The second-order valence-electron chi connectivity index (χ2n) is 2.34. The minimum Gasteiger partial charge on any atom is -0.392 e. The molecule has 0 aliphatic heterocycles. The van der Waals surface area contributed by atoms with E-state index in [0.29, 0.717) is 0 Å². The first-order valence-corrected chi connectivity index (χ1v) is 4.76. The van der Waals surface area contributed by atoms with Crippen molar-refractivity contribution in [3.05, 3.63) is 35.7 Å². The molecule has 1 N–H and O–H groups in total. The highest BCUT2D eigenvalue weighted by molar-refractivity contribution is 9.09. The lowest BCUT2D eigenvalue weighted by molar-refractivity contribution is 0.281. The molecule has 0 bridgehead atoms. The van der Waals surface area contributed by atoms with E-state index in [1.165, 1.54) is 0 Å². The summed E-state index contributed by atoms with van der Waals surface area (Å²) in [6.45, 7) is 0.0446. The first-order valence-electron chi connectivity index (χ1n) is 3.64. The molecule has 2 nitrogen and oxygen atoms in total. The molecule has 0 spiro atoms. The average Bonchev–Trinajstić information content (AvgIpc) is 2.15. The van der Waals surface area contributed by atoms with Crippen LogP contribution in [0.5, 0.6) is 0 Å². The molecule has 0 aromatic carbocycles. The van der Waals surface area contributed by atoms with Gasteiger partial charge in [0.2, 0.25) is 0 Å². The van der Waals surface area contributed by atoms with Crippen LogP contribution in [0.15, 0.2) is 24.5 Å². The third-order valence-electron chi connectivity index (χ3n) is 1.40. The van der Waals surface area contributed by atoms with Crippen LogP contribution in [0.3, 0.4) is 0 Å². The van der Waals surface area contributed by atoms with Crippen LogP contribution in [-0.2, 0) is 6.61 Å². The van der Waals surface area contributed by atoms with Crippen molar-refractivity contribution >= 4 is 22.0 Å². The number of halogens is 1. The maximum atomic E-state index is 8.81. The number of alkyl halides is 1. The molecular weight excluding hydrogens is 218 g/mol. The first kappa shape index (κ1) is 9.42. The summed E-state index contributed by atoms with van der Waals surface area (Å²) in [5.74, 6) is 0. The molecule has 12 heavy (non-hydrogen) atoms. The molecule has 0 amide bonds. The summed E-state index contributed by atoms with van der Waals surface area (Å²) in [7, 11) is 0. The zero-order valence-electron chi connectivity index (χ0n) is 6.57. The van der Waals surface area contributed by atoms with Gasteiger partial charge in [-0.05, 0) is 17.2 Å². The fourth-order valence-electron chi connectivity index (χ4n) is 0.866. The first-order chi connectivity index (χ1) is 5.86. The van der Waals surface area contributed by atoms with E-state index in [0.717, 1.165) is 16.5 Å². The van der Waals surface area contributed by atoms with E-state index in [1.807, 2.05) is 18.2 Å². The van der Waals surface area contributed by atoms with E-state index in [-0.39, 0.29) is 6.61 Å². The normalized spacial score (nSPS) is 10.8. The monoisotopic (exact) mass is 227 g/mol. The molecule has 1 rings (SSSR count). The van der Waals surface area contributed by atoms with Crippen molar-refractivity contribution in [1.29, 1.82) is 0 Å². The Morgan fingerprint density at radius 2 is 2.33 bits per heavy atom. The zero-order valence-corrected chi connectivity index (χ0v) is 8.16. The number of rotatable bonds is 3. The minimum atomic E-state index is 0.0446. The largest absolute Gasteiger partial charge is 0.392 e. The predicted molar refractivity (Wildman–Crippen MR) is 53.0 cm³/mol. The van der Waals surface area contributed by atoms with E-state index in [2.05, 4.69) is 20.9 Å². The van der Waals surface area contributed by atoms with Crippen LogP contribution in [0.4, 0.5) is 0 Å². The Hall–Kier alpha value is -0.670. The van der Waals surface area contributed by atoms with Gasteiger partial charge in [-0.25, -0.2) is 0 Å². The topological polar surface area (TPSA) is 33.1 Å². The maximum Gasteiger partial charge on any atom is 0.0697 e. The Balaban J connectivity index is 2.79. The second kappa shape index (κ2) is 5.06. The molecule has 0 unspecified atom stereocenters. The summed E-state index contributed by atoms with van der Waals surface area (Å²) < 4.78 is 0. The van der Waals surface area contributed by atoms with Crippen LogP contribution < -0.4 is 0 Å². The van der Waals surface area contributed by atoms with E-state index >= 15 is 0 Å². The summed E-state index contributed by atoms with van der Waals surface area (Å²) >= 11 is 3.29. The lowest BCUT2D eigenvalue weighted by atomic mass is 10.2. The van der Waals surface area contributed by atoms with Gasteiger partial charge in [-0.1, -0.05) is 28.1 Å². The summed E-state index contributed by atoms with van der Waals surface area (Å²) in [5.41, 5.74) is 1.85. The number of aromatic nitrogens is 1. The van der Waals surface area contributed by atoms with E-state index in [4.69, 9.17) is 5.11 Å². The minimum absolute atomic E-state index is 0.0446. The molecule has 0 aliphatic rings. The third kappa shape index (κ3) is 2.75. The van der Waals surface area contributed by atoms with Crippen LogP contribution in [0.2, 0.25) is 0 Å². The van der Waals surface area contributed by atoms with Gasteiger partial charge in [0, 0.05) is 17.7 Å². The molecule has 3 heteroatoms. The number of aliphatic hydroxyl groups is 1. The lowest BCUT2D eigenvalue weighted by Crippen LogP contribution is -1.85. The predicted octanol–water partition coefficient (Wildman–Crippen LogP) is 1.98. The van der Waals surface area contributed by atoms with Crippen molar-refractivity contribution in [3.63, 3.8) is 0 Å². The van der Waals surface area contributed by atoms with Gasteiger partial charge in [0.1, 0.15) is 0 Å². The van der Waals surface area contributed by atoms with Gasteiger partial charge in [0.25, 0.3) is 0 Å². The summed E-state index contributed by atoms with van der Waals surface area (Å²) in [6, 6.07) is 1.91. The second-order valence-corrected chi connectivity index (χ2v) is 2.99. The lowest BCUT2D eigenvalue weighted by Gasteiger charge is -1.96. The molecule has 0 aliphatic carbocycles. The summed E-state index contributed by atoms with van der Waals surface area (Å²) in [5, 5.41) is 9.64. The van der Waals surface area contributed by atoms with Gasteiger partial charge in [0.15, 0.2) is 0 Å². The van der Waals surface area contributed by atoms with Crippen molar-refractivity contribution in [2.24, 2.45) is 0 Å². The van der Waals surface area contributed by atoms with Crippen LogP contribution in [-0.4, -0.2) is 15.4 Å². The SMILES string of the molecule is OCc1cncc(C=CCBr)c1. The van der Waals surface area contributed by atoms with Gasteiger partial charge in [-0.3, -0.25) is 4.98 Å². The van der Waals surface area contributed by atoms with E-state index in [9.17, 15) is 0 Å². The zero-order chi connectivity index (χ0) is 8.81. The van der Waals surface area contributed by atoms with Gasteiger partial charge < -0.3 is 5.11 Å². The smallest absolute Gasteiger partial charge is 0.0697 e. The molecule has 1 aromatic rings. The summed E-state index contributed by atoms with van der Waals surface area (Å²) in [4.78, 5) is 3.98. The van der Waals surface area contributed by atoms with Gasteiger partial charge in [-0.15, -0.1) is 0 Å². The fourth-order valence-corrected chi connectivity index (χ4v) is 1.05. The van der Waals surface area contributed by atoms with Crippen molar-refractivity contribution in [3.8, 4) is 0 Å².